The molecule has 12 atom stereocenters. The maximum absolute atomic E-state index is 12.7. The summed E-state index contributed by atoms with van der Waals surface area (Å²) >= 11 is 0. The second-order valence-corrected chi connectivity index (χ2v) is 10.1. The number of nitrogens with one attached hydrogen (secondary N) is 1. The molecule has 1 amide bonds. The van der Waals surface area contributed by atoms with E-state index in [9.17, 15) is 55.9 Å². The van der Waals surface area contributed by atoms with Crippen LogP contribution in [-0.2, 0) is 14.3 Å². The monoisotopic (exact) mass is 723 g/mol. The number of hydrogen-bond acceptors (Lipinski definition) is 13. The average molecular weight is 724 g/mol. The Morgan fingerprint density at radius 2 is 1.08 bits per heavy atom. The Hall–Kier alpha value is -5.85. The van der Waals surface area contributed by atoms with E-state index in [2.05, 4.69) is 136 Å². The molecular weight excluding hydrogens is 690 g/mol. The Morgan fingerprint density at radius 3 is 1.49 bits per heavy atom. The van der Waals surface area contributed by atoms with Gasteiger partial charge in [-0.15, -0.1) is 0 Å². The molecule has 1 aliphatic heterocycles. The zero-order valence-electron chi connectivity index (χ0n) is 28.0. The van der Waals surface area contributed by atoms with Crippen LogP contribution < -0.4 is 5.32 Å². The van der Waals surface area contributed by atoms with E-state index in [0.717, 1.165) is 6.92 Å². The Bertz CT molecular complexity index is 1980. The number of ether oxygens (including phenoxy) is 2. The number of carbonyl (C=O) groups excluding carboxylic acids is 1. The van der Waals surface area contributed by atoms with Gasteiger partial charge in [0, 0.05) is 23.7 Å². The molecule has 0 radical (unpaired) electrons. The Balaban J connectivity index is 2.84. The molecule has 14 heteroatoms. The summed E-state index contributed by atoms with van der Waals surface area (Å²) in [5.41, 5.74) is 0. The number of amides is 1. The van der Waals surface area contributed by atoms with E-state index in [4.69, 9.17) is 9.47 Å². The summed E-state index contributed by atoms with van der Waals surface area (Å²) in [6.07, 6.45) is -20.4. The van der Waals surface area contributed by atoms with Crippen LogP contribution in [-0.4, -0.2) is 144 Å². The maximum atomic E-state index is 12.7. The number of aliphatic hydroxyl groups excluding tert-OH is 10. The van der Waals surface area contributed by atoms with Crippen LogP contribution in [0.5, 0.6) is 0 Å². The topological polar surface area (TPSA) is 250 Å². The molecule has 0 aromatic carbocycles. The van der Waals surface area contributed by atoms with Gasteiger partial charge in [0.25, 0.3) is 5.91 Å². The van der Waals surface area contributed by atoms with Crippen molar-refractivity contribution in [1.29, 1.82) is 0 Å². The lowest BCUT2D eigenvalue weighted by Gasteiger charge is -2.40. The number of hydrogen-bond donors (Lipinski definition) is 11. The molecular formula is C39H33NO13. The molecule has 1 rings (SSSR count). The molecule has 1 fully saturated rings. The summed E-state index contributed by atoms with van der Waals surface area (Å²) in [6, 6.07) is -1.72. The van der Waals surface area contributed by atoms with Crippen LogP contribution in [0.3, 0.4) is 0 Å². The van der Waals surface area contributed by atoms with Gasteiger partial charge in [-0.05, 0) is 109 Å². The fourth-order valence-corrected chi connectivity index (χ4v) is 3.58. The van der Waals surface area contributed by atoms with Gasteiger partial charge in [0.05, 0.1) is 25.4 Å². The molecule has 14 nitrogen and oxygen atoms in total. The van der Waals surface area contributed by atoms with Crippen molar-refractivity contribution in [2.75, 3.05) is 13.2 Å². The summed E-state index contributed by atoms with van der Waals surface area (Å²) in [5.74, 6) is 51.5. The summed E-state index contributed by atoms with van der Waals surface area (Å²) < 4.78 is 10.5. The predicted molar refractivity (Wildman–Crippen MR) is 185 cm³/mol. The summed E-state index contributed by atoms with van der Waals surface area (Å²) in [4.78, 5) is 12.7. The van der Waals surface area contributed by atoms with Crippen molar-refractivity contribution in [3.05, 3.63) is 0 Å². The van der Waals surface area contributed by atoms with Crippen LogP contribution in [0.1, 0.15) is 13.8 Å². The van der Waals surface area contributed by atoms with Crippen molar-refractivity contribution in [1.82, 2.24) is 5.32 Å². The molecule has 1 saturated heterocycles. The molecule has 0 spiro atoms. The van der Waals surface area contributed by atoms with Crippen LogP contribution in [0.15, 0.2) is 0 Å². The third-order valence-corrected chi connectivity index (χ3v) is 6.32. The Morgan fingerprint density at radius 1 is 0.642 bits per heavy atom. The predicted octanol–water partition coefficient (Wildman–Crippen LogP) is -6.47. The van der Waals surface area contributed by atoms with Crippen molar-refractivity contribution in [3.8, 4) is 130 Å². The molecule has 0 saturated carbocycles. The van der Waals surface area contributed by atoms with Gasteiger partial charge >= 0.3 is 0 Å². The third-order valence-electron chi connectivity index (χ3n) is 6.32. The minimum atomic E-state index is -2.26. The fraction of sp³-hybridized carbons (Fsp3) is 0.410. The van der Waals surface area contributed by atoms with Crippen molar-refractivity contribution in [2.45, 2.75) is 87.2 Å². The van der Waals surface area contributed by atoms with Gasteiger partial charge in [-0.25, -0.2) is 0 Å². The highest BCUT2D eigenvalue weighted by molar-refractivity contribution is 5.82. The van der Waals surface area contributed by atoms with Gasteiger partial charge in [0.2, 0.25) is 0 Å². The van der Waals surface area contributed by atoms with Crippen LogP contribution in [0.25, 0.3) is 0 Å². The van der Waals surface area contributed by atoms with Crippen LogP contribution in [0.2, 0.25) is 0 Å². The zero-order valence-corrected chi connectivity index (χ0v) is 28.0. The number of aliphatic hydroxyl groups is 10. The quantitative estimate of drug-likeness (QED) is 0.0890. The van der Waals surface area contributed by atoms with Gasteiger partial charge in [-0.3, -0.25) is 4.79 Å². The lowest BCUT2D eigenvalue weighted by molar-refractivity contribution is -0.303. The van der Waals surface area contributed by atoms with E-state index < -0.39 is 92.5 Å². The number of rotatable bonds is 11. The second kappa shape index (κ2) is 26.0. The molecule has 1 heterocycles. The standard InChI is InChI=1S/C39H33NO13/c1-3-4-5-6-7-8-9-10-11-12-13-14-15-16-17-18-19-20-21-22-23-24-29(43)33(46)38(51)40-28(32(45)35(48)31(44)27(2)42)26-52-39-37(50)36(49)34(47)30(25-41)53-39/h27-37,39,41-50H,25-26H2,1-2H3,(H,40,51)/t27-,28-,29+,30?,31-,32-,33+,34?,35+,36?,37?,39?/m0/s1. The van der Waals surface area contributed by atoms with Crippen molar-refractivity contribution in [3.63, 3.8) is 0 Å². The van der Waals surface area contributed by atoms with E-state index in [0.29, 0.717) is 0 Å². The normalized spacial score (nSPS) is 21.3. The summed E-state index contributed by atoms with van der Waals surface area (Å²) in [5, 5.41) is 103. The third kappa shape index (κ3) is 17.3. The first kappa shape index (κ1) is 45.2. The lowest BCUT2D eigenvalue weighted by Crippen LogP contribution is -2.61. The van der Waals surface area contributed by atoms with Crippen LogP contribution >= 0.6 is 0 Å². The molecule has 0 bridgehead atoms. The maximum Gasteiger partial charge on any atom is 0.253 e. The van der Waals surface area contributed by atoms with Crippen molar-refractivity contribution < 1.29 is 65.3 Å². The highest BCUT2D eigenvalue weighted by Crippen LogP contribution is 2.22. The molecule has 0 aromatic heterocycles. The SMILES string of the molecule is CC#CC#CC#CC#CC#CC#CC#CC#CC#CC#CC#C[C@@H](O)[C@@H](O)C(=O)N[C@@H](COC1OC(CO)C(O)C(O)C1O)[C@H](O)[C@H](O)[C@@H](O)[C@H](C)O. The highest BCUT2D eigenvalue weighted by Gasteiger charge is 2.45. The molecule has 0 aromatic rings. The first-order valence-corrected chi connectivity index (χ1v) is 15.1. The van der Waals surface area contributed by atoms with E-state index in [1.54, 1.807) is 6.92 Å². The van der Waals surface area contributed by atoms with Gasteiger partial charge in [0.1, 0.15) is 42.7 Å². The zero-order chi connectivity index (χ0) is 39.6. The fourth-order valence-electron chi connectivity index (χ4n) is 3.58. The average Bonchev–Trinajstić information content (AvgIpc) is 3.15. The van der Waals surface area contributed by atoms with Crippen LogP contribution in [0, 0.1) is 130 Å². The minimum absolute atomic E-state index is 0.783. The number of carbonyl (C=O) groups is 1. The summed E-state index contributed by atoms with van der Waals surface area (Å²) in [7, 11) is 0. The first-order valence-electron chi connectivity index (χ1n) is 15.1. The smallest absolute Gasteiger partial charge is 0.253 e. The Kier molecular flexibility index (Phi) is 22.2. The molecule has 5 unspecified atom stereocenters. The minimum Gasteiger partial charge on any atom is -0.394 e. The van der Waals surface area contributed by atoms with Gasteiger partial charge in [-0.2, -0.15) is 0 Å². The summed E-state index contributed by atoms with van der Waals surface area (Å²) in [6.45, 7) is 1.14. The van der Waals surface area contributed by atoms with Crippen molar-refractivity contribution in [2.24, 2.45) is 0 Å². The molecule has 11 N–H and O–H groups in total. The second-order valence-electron chi connectivity index (χ2n) is 10.1. The largest absolute Gasteiger partial charge is 0.394 e. The molecule has 53 heavy (non-hydrogen) atoms. The molecule has 1 aliphatic rings. The molecule has 0 aliphatic carbocycles. The van der Waals surface area contributed by atoms with Crippen LogP contribution in [0.4, 0.5) is 0 Å². The highest BCUT2D eigenvalue weighted by atomic mass is 16.7. The van der Waals surface area contributed by atoms with Gasteiger partial charge in [0.15, 0.2) is 18.5 Å². The van der Waals surface area contributed by atoms with E-state index in [1.807, 2.05) is 0 Å². The van der Waals surface area contributed by atoms with Crippen molar-refractivity contribution >= 4 is 5.91 Å². The lowest BCUT2D eigenvalue weighted by atomic mass is 9.97. The van der Waals surface area contributed by atoms with Gasteiger partial charge in [-0.1, -0.05) is 11.8 Å². The van der Waals surface area contributed by atoms with Gasteiger partial charge < -0.3 is 65.9 Å². The molecule has 272 valence electrons. The van der Waals surface area contributed by atoms with E-state index >= 15 is 0 Å². The van der Waals surface area contributed by atoms with E-state index in [1.165, 1.54) is 0 Å². The first-order chi connectivity index (χ1) is 25.4. The van der Waals surface area contributed by atoms with E-state index in [-0.39, 0.29) is 0 Å². The Labute approximate surface area is 306 Å².